The van der Waals surface area contributed by atoms with Crippen LogP contribution in [0.2, 0.25) is 25.7 Å². The SMILES string of the molecule is CC(C)N(COCC[Si](C)(C)C)S(=O)(=O)c1cccc(CO)c1. The first-order valence-corrected chi connectivity index (χ1v) is 13.0. The quantitative estimate of drug-likeness (QED) is 0.418. The number of ether oxygens (including phenoxy) is 1. The summed E-state index contributed by atoms with van der Waals surface area (Å²) in [5.74, 6) is 0. The molecule has 5 nitrogen and oxygen atoms in total. The van der Waals surface area contributed by atoms with E-state index in [4.69, 9.17) is 4.74 Å². The summed E-state index contributed by atoms with van der Waals surface area (Å²) < 4.78 is 32.6. The molecule has 0 atom stereocenters. The average Bonchev–Trinajstić information content (AvgIpc) is 2.45. The van der Waals surface area contributed by atoms with Gasteiger partial charge in [0.2, 0.25) is 10.0 Å². The van der Waals surface area contributed by atoms with Gasteiger partial charge in [0.05, 0.1) is 11.5 Å². The molecule has 0 aromatic heterocycles. The lowest BCUT2D eigenvalue weighted by Gasteiger charge is -2.26. The van der Waals surface area contributed by atoms with Gasteiger partial charge in [-0.3, -0.25) is 0 Å². The highest BCUT2D eigenvalue weighted by Gasteiger charge is 2.27. The minimum absolute atomic E-state index is 0.0494. The van der Waals surface area contributed by atoms with Gasteiger partial charge in [0.15, 0.2) is 0 Å². The Bertz CT molecular complexity index is 596. The summed E-state index contributed by atoms with van der Waals surface area (Å²) in [5.41, 5.74) is 0.578. The van der Waals surface area contributed by atoms with Gasteiger partial charge in [-0.05, 0) is 37.6 Å². The molecule has 1 aromatic rings. The Morgan fingerprint density at radius 3 is 2.43 bits per heavy atom. The fraction of sp³-hybridized carbons (Fsp3) is 0.625. The van der Waals surface area contributed by atoms with Gasteiger partial charge in [0.25, 0.3) is 0 Å². The third kappa shape index (κ3) is 6.35. The molecule has 0 bridgehead atoms. The Morgan fingerprint density at radius 2 is 1.91 bits per heavy atom. The minimum atomic E-state index is -3.64. The highest BCUT2D eigenvalue weighted by molar-refractivity contribution is 7.89. The summed E-state index contributed by atoms with van der Waals surface area (Å²) >= 11 is 0. The fourth-order valence-corrected chi connectivity index (χ4v) is 4.32. The van der Waals surface area contributed by atoms with Crippen molar-refractivity contribution in [3.8, 4) is 0 Å². The first-order valence-electron chi connectivity index (χ1n) is 7.87. The lowest BCUT2D eigenvalue weighted by atomic mass is 10.2. The van der Waals surface area contributed by atoms with Gasteiger partial charge in [-0.25, -0.2) is 8.42 Å². The van der Waals surface area contributed by atoms with Gasteiger partial charge in [-0.15, -0.1) is 0 Å². The zero-order chi connectivity index (χ0) is 17.7. The lowest BCUT2D eigenvalue weighted by Crippen LogP contribution is -2.39. The third-order valence-corrected chi connectivity index (χ3v) is 7.18. The van der Waals surface area contributed by atoms with Crippen molar-refractivity contribution in [1.29, 1.82) is 0 Å². The number of sulfonamides is 1. The molecule has 0 aliphatic heterocycles. The molecular formula is C16H29NO4SSi. The van der Waals surface area contributed by atoms with E-state index >= 15 is 0 Å². The van der Waals surface area contributed by atoms with E-state index in [0.29, 0.717) is 12.2 Å². The molecular weight excluding hydrogens is 330 g/mol. The van der Waals surface area contributed by atoms with E-state index in [1.54, 1.807) is 18.2 Å². The van der Waals surface area contributed by atoms with Crippen molar-refractivity contribution in [3.63, 3.8) is 0 Å². The average molecular weight is 360 g/mol. The number of hydrogen-bond donors (Lipinski definition) is 1. The van der Waals surface area contributed by atoms with Crippen molar-refractivity contribution < 1.29 is 18.3 Å². The predicted molar refractivity (Wildman–Crippen MR) is 95.5 cm³/mol. The number of rotatable bonds is 9. The Hall–Kier alpha value is -0.733. The predicted octanol–water partition coefficient (Wildman–Crippen LogP) is 2.89. The number of aliphatic hydroxyl groups excluding tert-OH is 1. The van der Waals surface area contributed by atoms with Crippen LogP contribution in [0.15, 0.2) is 29.2 Å². The molecule has 1 aromatic carbocycles. The molecule has 0 saturated heterocycles. The second-order valence-corrected chi connectivity index (χ2v) is 14.7. The third-order valence-electron chi connectivity index (χ3n) is 3.48. The van der Waals surface area contributed by atoms with Crippen LogP contribution in [0, 0.1) is 0 Å². The van der Waals surface area contributed by atoms with Crippen LogP contribution < -0.4 is 0 Å². The van der Waals surface area contributed by atoms with E-state index in [2.05, 4.69) is 19.6 Å². The van der Waals surface area contributed by atoms with Crippen LogP contribution in [0.3, 0.4) is 0 Å². The van der Waals surface area contributed by atoms with Gasteiger partial charge in [0, 0.05) is 20.7 Å². The van der Waals surface area contributed by atoms with Crippen LogP contribution in [-0.4, -0.2) is 45.3 Å². The van der Waals surface area contributed by atoms with E-state index in [1.165, 1.54) is 10.4 Å². The number of nitrogens with zero attached hydrogens (tertiary/aromatic N) is 1. The first kappa shape index (κ1) is 20.3. The van der Waals surface area contributed by atoms with Crippen LogP contribution in [-0.2, 0) is 21.4 Å². The molecule has 0 fully saturated rings. The highest BCUT2D eigenvalue weighted by Crippen LogP contribution is 2.20. The van der Waals surface area contributed by atoms with Crippen LogP contribution >= 0.6 is 0 Å². The van der Waals surface area contributed by atoms with Crippen molar-refractivity contribution in [3.05, 3.63) is 29.8 Å². The molecule has 0 saturated carbocycles. The second-order valence-electron chi connectivity index (χ2n) is 7.14. The molecule has 7 heteroatoms. The Morgan fingerprint density at radius 1 is 1.26 bits per heavy atom. The van der Waals surface area contributed by atoms with Crippen LogP contribution in [0.25, 0.3) is 0 Å². The summed E-state index contributed by atoms with van der Waals surface area (Å²) in [6.45, 7) is 10.9. The van der Waals surface area contributed by atoms with E-state index in [0.717, 1.165) is 6.04 Å². The van der Waals surface area contributed by atoms with Crippen LogP contribution in [0.5, 0.6) is 0 Å². The zero-order valence-electron chi connectivity index (χ0n) is 14.7. The van der Waals surface area contributed by atoms with Crippen molar-refractivity contribution in [2.24, 2.45) is 0 Å². The van der Waals surface area contributed by atoms with Gasteiger partial charge in [0.1, 0.15) is 6.73 Å². The fourth-order valence-electron chi connectivity index (χ4n) is 1.97. The van der Waals surface area contributed by atoms with Crippen molar-refractivity contribution in [2.75, 3.05) is 13.3 Å². The summed E-state index contributed by atoms with van der Waals surface area (Å²) in [6.07, 6.45) is 0. The Labute approximate surface area is 141 Å². The second kappa shape index (κ2) is 8.39. The Kier molecular flexibility index (Phi) is 7.41. The van der Waals surface area contributed by atoms with E-state index < -0.39 is 18.1 Å². The number of hydrogen-bond acceptors (Lipinski definition) is 4. The summed E-state index contributed by atoms with van der Waals surface area (Å²) in [4.78, 5) is 0.187. The van der Waals surface area contributed by atoms with Gasteiger partial charge < -0.3 is 9.84 Å². The maximum Gasteiger partial charge on any atom is 0.245 e. The first-order chi connectivity index (χ1) is 10.6. The molecule has 0 aliphatic rings. The maximum absolute atomic E-state index is 12.8. The van der Waals surface area contributed by atoms with Crippen molar-refractivity contribution in [2.45, 2.75) is 57.1 Å². The monoisotopic (exact) mass is 359 g/mol. The van der Waals surface area contributed by atoms with Crippen LogP contribution in [0.1, 0.15) is 19.4 Å². The summed E-state index contributed by atoms with van der Waals surface area (Å²) in [6, 6.07) is 7.19. The Balaban J connectivity index is 2.86. The largest absolute Gasteiger partial charge is 0.392 e. The number of aliphatic hydroxyl groups is 1. The van der Waals surface area contributed by atoms with Crippen molar-refractivity contribution >= 4 is 18.1 Å². The van der Waals surface area contributed by atoms with E-state index in [9.17, 15) is 13.5 Å². The standard InChI is InChI=1S/C16H29NO4SSi/c1-14(2)17(13-21-9-10-23(3,4)5)22(19,20)16-8-6-7-15(11-16)12-18/h6-8,11,14,18H,9-10,12-13H2,1-5H3. The summed E-state index contributed by atoms with van der Waals surface area (Å²) in [5, 5.41) is 9.20. The molecule has 0 heterocycles. The maximum atomic E-state index is 12.8. The topological polar surface area (TPSA) is 66.8 Å². The molecule has 1 rings (SSSR count). The molecule has 0 radical (unpaired) electrons. The lowest BCUT2D eigenvalue weighted by molar-refractivity contribution is 0.0677. The normalized spacial score (nSPS) is 13.0. The van der Waals surface area contributed by atoms with Gasteiger partial charge >= 0.3 is 0 Å². The molecule has 0 unspecified atom stereocenters. The molecule has 0 aliphatic carbocycles. The smallest absolute Gasteiger partial charge is 0.245 e. The molecule has 0 amide bonds. The highest BCUT2D eigenvalue weighted by atomic mass is 32.2. The number of benzene rings is 1. The molecule has 0 spiro atoms. The van der Waals surface area contributed by atoms with E-state index in [-0.39, 0.29) is 24.3 Å². The zero-order valence-corrected chi connectivity index (χ0v) is 16.6. The molecule has 1 N–H and O–H groups in total. The summed E-state index contributed by atoms with van der Waals surface area (Å²) in [7, 11) is -4.84. The van der Waals surface area contributed by atoms with Crippen LogP contribution in [0.4, 0.5) is 0 Å². The van der Waals surface area contributed by atoms with E-state index in [1.807, 2.05) is 13.8 Å². The molecule has 132 valence electrons. The van der Waals surface area contributed by atoms with Gasteiger partial charge in [-0.2, -0.15) is 4.31 Å². The minimum Gasteiger partial charge on any atom is -0.392 e. The van der Waals surface area contributed by atoms with Crippen molar-refractivity contribution in [1.82, 2.24) is 4.31 Å². The molecule has 23 heavy (non-hydrogen) atoms. The van der Waals surface area contributed by atoms with Gasteiger partial charge in [-0.1, -0.05) is 31.8 Å².